The minimum atomic E-state index is -0.744. The average molecular weight is 369 g/mol. The lowest BCUT2D eigenvalue weighted by Gasteiger charge is -2.26. The summed E-state index contributed by atoms with van der Waals surface area (Å²) < 4.78 is 20.6. The molecule has 0 amide bonds. The molecule has 0 N–H and O–H groups in total. The number of fused-ring (bicyclic) bond motifs is 2. The van der Waals surface area contributed by atoms with Crippen molar-refractivity contribution in [3.8, 4) is 17.3 Å². The van der Waals surface area contributed by atoms with Crippen molar-refractivity contribution in [1.82, 2.24) is 14.3 Å². The number of hydrogen-bond donors (Lipinski definition) is 0. The number of ketones is 1. The maximum absolute atomic E-state index is 12.2. The second-order valence-corrected chi connectivity index (χ2v) is 6.64. The van der Waals surface area contributed by atoms with E-state index in [1.807, 2.05) is 41.0 Å². The molecule has 2 saturated heterocycles. The Morgan fingerprint density at radius 3 is 2.77 bits per heavy atom. The molecule has 132 valence electrons. The molecule has 0 saturated carbocycles. The van der Waals surface area contributed by atoms with Gasteiger partial charge in [-0.05, 0) is 36.5 Å². The van der Waals surface area contributed by atoms with Crippen molar-refractivity contribution in [1.29, 1.82) is 0 Å². The van der Waals surface area contributed by atoms with Crippen LogP contribution in [0.3, 0.4) is 0 Å². The van der Waals surface area contributed by atoms with Crippen LogP contribution in [0, 0.1) is 4.77 Å². The zero-order valence-electron chi connectivity index (χ0n) is 13.6. The van der Waals surface area contributed by atoms with Crippen molar-refractivity contribution in [2.45, 2.75) is 24.9 Å². The number of Topliss-reactive ketones (excluding diaryl/α,β-unsaturated/α-hetero) is 1. The smallest absolute Gasteiger partial charge is 0.218 e. The Morgan fingerprint density at radius 2 is 2.00 bits per heavy atom. The van der Waals surface area contributed by atoms with E-state index in [-0.39, 0.29) is 24.3 Å². The van der Waals surface area contributed by atoms with E-state index in [0.717, 1.165) is 5.69 Å². The van der Waals surface area contributed by atoms with Gasteiger partial charge in [0.15, 0.2) is 11.5 Å². The van der Waals surface area contributed by atoms with E-state index in [9.17, 15) is 4.79 Å². The highest BCUT2D eigenvalue weighted by Crippen LogP contribution is 2.34. The molecule has 7 nitrogen and oxygen atoms in total. The normalized spacial score (nSPS) is 24.9. The SMILES string of the molecule is O=C1CC(n2nc(-c3ccco3)n(-c3ccccc3)c2=S)C2COC1O2. The highest BCUT2D eigenvalue weighted by Gasteiger charge is 2.45. The molecule has 2 fully saturated rings. The van der Waals surface area contributed by atoms with Crippen molar-refractivity contribution in [2.24, 2.45) is 0 Å². The van der Waals surface area contributed by atoms with Gasteiger partial charge in [-0.25, -0.2) is 4.68 Å². The lowest BCUT2D eigenvalue weighted by Crippen LogP contribution is -2.37. The maximum Gasteiger partial charge on any atom is 0.218 e. The van der Waals surface area contributed by atoms with E-state index in [0.29, 0.717) is 23.0 Å². The van der Waals surface area contributed by atoms with Crippen LogP contribution in [-0.2, 0) is 14.3 Å². The Labute approximate surface area is 153 Å². The number of aromatic nitrogens is 3. The molecule has 2 bridgehead atoms. The van der Waals surface area contributed by atoms with Crippen molar-refractivity contribution < 1.29 is 18.7 Å². The number of hydrogen-bond acceptors (Lipinski definition) is 6. The van der Waals surface area contributed by atoms with E-state index >= 15 is 0 Å². The number of nitrogens with zero attached hydrogens (tertiary/aromatic N) is 3. The molecule has 3 atom stereocenters. The molecule has 0 radical (unpaired) electrons. The number of carbonyl (C=O) groups excluding carboxylic acids is 1. The van der Waals surface area contributed by atoms with E-state index < -0.39 is 6.29 Å². The van der Waals surface area contributed by atoms with Gasteiger partial charge in [-0.15, -0.1) is 5.10 Å². The standard InChI is InChI=1S/C18H15N3O4S/c22-13-9-12(15-10-24-17(13)25-15)21-18(26)20(11-5-2-1-3-6-11)16(19-21)14-7-4-8-23-14/h1-8,12,15,17H,9-10H2. The van der Waals surface area contributed by atoms with Crippen molar-refractivity contribution in [3.63, 3.8) is 0 Å². The predicted molar refractivity (Wildman–Crippen MR) is 93.4 cm³/mol. The van der Waals surface area contributed by atoms with Crippen molar-refractivity contribution in [3.05, 3.63) is 53.5 Å². The van der Waals surface area contributed by atoms with Crippen LogP contribution in [0.25, 0.3) is 17.3 Å². The zero-order valence-corrected chi connectivity index (χ0v) is 14.5. The molecule has 5 rings (SSSR count). The fourth-order valence-electron chi connectivity index (χ4n) is 3.44. The van der Waals surface area contributed by atoms with Crippen LogP contribution in [0.1, 0.15) is 12.5 Å². The third kappa shape index (κ3) is 2.38. The Balaban J connectivity index is 1.68. The monoisotopic (exact) mass is 369 g/mol. The largest absolute Gasteiger partial charge is 0.461 e. The van der Waals surface area contributed by atoms with Gasteiger partial charge in [0.2, 0.25) is 16.9 Å². The van der Waals surface area contributed by atoms with Gasteiger partial charge in [-0.3, -0.25) is 9.36 Å². The summed E-state index contributed by atoms with van der Waals surface area (Å²) in [6, 6.07) is 13.0. The Hall–Kier alpha value is -2.55. The number of para-hydroxylation sites is 1. The number of furan rings is 1. The Bertz CT molecular complexity index is 1010. The first-order valence-corrected chi connectivity index (χ1v) is 8.74. The van der Waals surface area contributed by atoms with Crippen molar-refractivity contribution >= 4 is 18.0 Å². The fourth-order valence-corrected chi connectivity index (χ4v) is 3.81. The van der Waals surface area contributed by atoms with Crippen LogP contribution >= 0.6 is 12.2 Å². The number of benzene rings is 1. The van der Waals surface area contributed by atoms with E-state index in [1.54, 1.807) is 17.0 Å². The first kappa shape index (κ1) is 15.7. The first-order valence-electron chi connectivity index (χ1n) is 8.33. The number of ether oxygens (including phenoxy) is 2. The van der Waals surface area contributed by atoms with Crippen LogP contribution in [0.4, 0.5) is 0 Å². The Morgan fingerprint density at radius 1 is 1.15 bits per heavy atom. The second kappa shape index (κ2) is 6.01. The fraction of sp³-hybridized carbons (Fsp3) is 0.278. The quantitative estimate of drug-likeness (QED) is 0.661. The van der Waals surface area contributed by atoms with Gasteiger partial charge >= 0.3 is 0 Å². The zero-order chi connectivity index (χ0) is 17.7. The topological polar surface area (TPSA) is 71.4 Å². The summed E-state index contributed by atoms with van der Waals surface area (Å²) in [5, 5.41) is 4.70. The summed E-state index contributed by atoms with van der Waals surface area (Å²) in [4.78, 5) is 12.2. The molecule has 0 aliphatic carbocycles. The molecular formula is C18H15N3O4S. The van der Waals surface area contributed by atoms with Crippen LogP contribution < -0.4 is 0 Å². The highest BCUT2D eigenvalue weighted by molar-refractivity contribution is 7.71. The van der Waals surface area contributed by atoms with E-state index in [2.05, 4.69) is 0 Å². The van der Waals surface area contributed by atoms with Gasteiger partial charge in [0.05, 0.1) is 24.6 Å². The van der Waals surface area contributed by atoms with Crippen LogP contribution in [0.15, 0.2) is 53.1 Å². The molecule has 4 heterocycles. The lowest BCUT2D eigenvalue weighted by atomic mass is 10.0. The van der Waals surface area contributed by atoms with Gasteiger partial charge in [0.1, 0.15) is 6.10 Å². The second-order valence-electron chi connectivity index (χ2n) is 6.28. The molecule has 3 aromatic rings. The maximum atomic E-state index is 12.2. The predicted octanol–water partition coefficient (Wildman–Crippen LogP) is 2.92. The molecule has 0 spiro atoms. The molecule has 26 heavy (non-hydrogen) atoms. The minimum absolute atomic E-state index is 0.0838. The van der Waals surface area contributed by atoms with E-state index in [4.69, 9.17) is 31.2 Å². The molecule has 2 aliphatic heterocycles. The minimum Gasteiger partial charge on any atom is -0.461 e. The van der Waals surface area contributed by atoms with Gasteiger partial charge in [-0.2, -0.15) is 0 Å². The summed E-state index contributed by atoms with van der Waals surface area (Å²) in [6.07, 6.45) is 0.891. The molecular weight excluding hydrogens is 354 g/mol. The van der Waals surface area contributed by atoms with Crippen molar-refractivity contribution in [2.75, 3.05) is 6.61 Å². The van der Waals surface area contributed by atoms with Crippen LogP contribution in [0.5, 0.6) is 0 Å². The van der Waals surface area contributed by atoms with Gasteiger partial charge in [-0.1, -0.05) is 18.2 Å². The first-order chi connectivity index (χ1) is 12.7. The van der Waals surface area contributed by atoms with Gasteiger partial charge < -0.3 is 13.9 Å². The van der Waals surface area contributed by atoms with Gasteiger partial charge in [0.25, 0.3) is 0 Å². The van der Waals surface area contributed by atoms with Crippen LogP contribution in [0.2, 0.25) is 0 Å². The average Bonchev–Trinajstić information content (AvgIpc) is 3.39. The Kier molecular flexibility index (Phi) is 3.63. The summed E-state index contributed by atoms with van der Waals surface area (Å²) >= 11 is 5.72. The van der Waals surface area contributed by atoms with Crippen LogP contribution in [-0.4, -0.2) is 39.1 Å². The van der Waals surface area contributed by atoms with E-state index in [1.165, 1.54) is 0 Å². The molecule has 1 aromatic carbocycles. The third-order valence-electron chi connectivity index (χ3n) is 4.68. The molecule has 8 heteroatoms. The summed E-state index contributed by atoms with van der Waals surface area (Å²) in [5.74, 6) is 1.10. The summed E-state index contributed by atoms with van der Waals surface area (Å²) in [5.41, 5.74) is 0.874. The third-order valence-corrected chi connectivity index (χ3v) is 5.05. The lowest BCUT2D eigenvalue weighted by molar-refractivity contribution is -0.156. The molecule has 2 aromatic heterocycles. The number of rotatable bonds is 3. The summed E-state index contributed by atoms with van der Waals surface area (Å²) in [7, 11) is 0. The molecule has 3 unspecified atom stereocenters. The number of carbonyl (C=O) groups is 1. The highest BCUT2D eigenvalue weighted by atomic mass is 32.1. The summed E-state index contributed by atoms with van der Waals surface area (Å²) in [6.45, 7) is 0.358. The molecule has 2 aliphatic rings. The van der Waals surface area contributed by atoms with Gasteiger partial charge in [0, 0.05) is 6.42 Å².